The Labute approximate surface area is 150 Å². The molecule has 0 saturated carbocycles. The van der Waals surface area contributed by atoms with Gasteiger partial charge in [0, 0.05) is 18.1 Å². The highest BCUT2D eigenvalue weighted by atomic mass is 35.5. The van der Waals surface area contributed by atoms with E-state index in [1.54, 1.807) is 24.5 Å². The molecule has 0 amide bonds. The first kappa shape index (κ1) is 16.8. The van der Waals surface area contributed by atoms with Crippen LogP contribution in [0, 0.1) is 0 Å². The zero-order chi connectivity index (χ0) is 16.8. The first-order valence-corrected chi connectivity index (χ1v) is 8.26. The number of nitrogens with one attached hydrogen (secondary N) is 1. The molecule has 0 saturated heterocycles. The van der Waals surface area contributed by atoms with Crippen LogP contribution in [0.4, 0.5) is 0 Å². The van der Waals surface area contributed by atoms with Crippen LogP contribution in [0.1, 0.15) is 5.69 Å². The van der Waals surface area contributed by atoms with Crippen molar-refractivity contribution >= 4 is 23.2 Å². The highest BCUT2D eigenvalue weighted by Gasteiger charge is 2.10. The molecule has 1 aromatic heterocycles. The summed E-state index contributed by atoms with van der Waals surface area (Å²) in [5, 5.41) is 4.35. The first-order chi connectivity index (χ1) is 11.7. The molecule has 1 heterocycles. The molecule has 0 unspecified atom stereocenters. The molecule has 3 aromatic rings. The van der Waals surface area contributed by atoms with E-state index in [4.69, 9.17) is 32.4 Å². The Morgan fingerprint density at radius 3 is 2.71 bits per heavy atom. The van der Waals surface area contributed by atoms with Gasteiger partial charge in [-0.25, -0.2) is 4.98 Å². The summed E-state index contributed by atoms with van der Waals surface area (Å²) < 4.78 is 11.1. The van der Waals surface area contributed by atoms with Gasteiger partial charge in [-0.05, 0) is 30.3 Å². The van der Waals surface area contributed by atoms with Crippen LogP contribution in [-0.4, -0.2) is 18.1 Å². The number of aromatic nitrogens is 1. The van der Waals surface area contributed by atoms with Crippen molar-refractivity contribution in [3.05, 3.63) is 70.5 Å². The lowest BCUT2D eigenvalue weighted by Gasteiger charge is -2.06. The van der Waals surface area contributed by atoms with E-state index in [9.17, 15) is 0 Å². The first-order valence-electron chi connectivity index (χ1n) is 7.51. The number of nitrogens with zero attached hydrogens (tertiary/aromatic N) is 1. The Morgan fingerprint density at radius 1 is 1.08 bits per heavy atom. The number of para-hydroxylation sites is 1. The third-order valence-corrected chi connectivity index (χ3v) is 3.86. The second-order valence-corrected chi connectivity index (χ2v) is 5.95. The average molecular weight is 363 g/mol. The molecule has 0 aliphatic rings. The van der Waals surface area contributed by atoms with Gasteiger partial charge in [0.2, 0.25) is 5.89 Å². The van der Waals surface area contributed by atoms with E-state index in [0.29, 0.717) is 35.6 Å². The van der Waals surface area contributed by atoms with Gasteiger partial charge in [-0.3, -0.25) is 0 Å². The smallest absolute Gasteiger partial charge is 0.227 e. The van der Waals surface area contributed by atoms with Gasteiger partial charge in [0.15, 0.2) is 0 Å². The Balaban J connectivity index is 1.48. The number of benzene rings is 2. The second-order valence-electron chi connectivity index (χ2n) is 5.11. The van der Waals surface area contributed by atoms with E-state index < -0.39 is 0 Å². The predicted molar refractivity (Wildman–Crippen MR) is 95.6 cm³/mol. The minimum absolute atomic E-state index is 0.481. The van der Waals surface area contributed by atoms with E-state index in [-0.39, 0.29) is 0 Å². The number of hydrogen-bond donors (Lipinski definition) is 1. The number of oxazole rings is 1. The van der Waals surface area contributed by atoms with Gasteiger partial charge in [-0.1, -0.05) is 41.4 Å². The van der Waals surface area contributed by atoms with Gasteiger partial charge in [-0.15, -0.1) is 0 Å². The molecule has 0 aliphatic carbocycles. The summed E-state index contributed by atoms with van der Waals surface area (Å²) in [5.74, 6) is 1.34. The van der Waals surface area contributed by atoms with Crippen LogP contribution in [0.2, 0.25) is 10.0 Å². The van der Waals surface area contributed by atoms with Gasteiger partial charge in [0.05, 0.1) is 16.3 Å². The van der Waals surface area contributed by atoms with E-state index in [2.05, 4.69) is 10.3 Å². The predicted octanol–water partition coefficient (Wildman–Crippen LogP) is 4.82. The van der Waals surface area contributed by atoms with Crippen LogP contribution in [0.5, 0.6) is 5.75 Å². The molecular weight excluding hydrogens is 347 g/mol. The van der Waals surface area contributed by atoms with Crippen molar-refractivity contribution in [1.29, 1.82) is 0 Å². The molecular formula is C18H16Cl2N2O2. The van der Waals surface area contributed by atoms with Gasteiger partial charge < -0.3 is 14.5 Å². The number of ether oxygens (including phenoxy) is 1. The normalized spacial score (nSPS) is 10.8. The monoisotopic (exact) mass is 362 g/mol. The quantitative estimate of drug-likeness (QED) is 0.612. The van der Waals surface area contributed by atoms with Crippen molar-refractivity contribution < 1.29 is 9.15 Å². The Bertz CT molecular complexity index is 791. The summed E-state index contributed by atoms with van der Waals surface area (Å²) >= 11 is 12.1. The van der Waals surface area contributed by atoms with E-state index in [1.807, 2.05) is 30.3 Å². The van der Waals surface area contributed by atoms with Crippen LogP contribution < -0.4 is 10.1 Å². The van der Waals surface area contributed by atoms with Crippen molar-refractivity contribution in [2.45, 2.75) is 6.54 Å². The SMILES string of the molecule is Clc1ccc(-c2nc(CNCCOc3ccccc3)co2)c(Cl)c1. The van der Waals surface area contributed by atoms with Crippen LogP contribution in [0.3, 0.4) is 0 Å². The molecule has 124 valence electrons. The van der Waals surface area contributed by atoms with Gasteiger partial charge in [0.25, 0.3) is 0 Å². The molecule has 3 rings (SSSR count). The molecule has 0 fully saturated rings. The summed E-state index contributed by atoms with van der Waals surface area (Å²) in [6.07, 6.45) is 1.62. The molecule has 6 heteroatoms. The van der Waals surface area contributed by atoms with Gasteiger partial charge >= 0.3 is 0 Å². The van der Waals surface area contributed by atoms with Crippen LogP contribution in [-0.2, 0) is 6.54 Å². The highest BCUT2D eigenvalue weighted by Crippen LogP contribution is 2.29. The fourth-order valence-corrected chi connectivity index (χ4v) is 2.64. The van der Waals surface area contributed by atoms with Crippen LogP contribution in [0.15, 0.2) is 59.2 Å². The lowest BCUT2D eigenvalue weighted by Crippen LogP contribution is -2.20. The molecule has 4 nitrogen and oxygen atoms in total. The third-order valence-electron chi connectivity index (χ3n) is 3.31. The maximum atomic E-state index is 6.16. The Kier molecular flexibility index (Phi) is 5.75. The Hall–Kier alpha value is -2.01. The molecule has 0 aliphatic heterocycles. The molecule has 0 bridgehead atoms. The van der Waals surface area contributed by atoms with Crippen molar-refractivity contribution in [2.75, 3.05) is 13.2 Å². The minimum atomic E-state index is 0.481. The second kappa shape index (κ2) is 8.20. The van der Waals surface area contributed by atoms with Crippen molar-refractivity contribution in [2.24, 2.45) is 0 Å². The molecule has 0 radical (unpaired) electrons. The number of rotatable bonds is 7. The molecule has 1 N–H and O–H groups in total. The molecule has 0 spiro atoms. The zero-order valence-electron chi connectivity index (χ0n) is 12.8. The van der Waals surface area contributed by atoms with E-state index >= 15 is 0 Å². The van der Waals surface area contributed by atoms with E-state index in [1.165, 1.54) is 0 Å². The minimum Gasteiger partial charge on any atom is -0.492 e. The average Bonchev–Trinajstić information content (AvgIpc) is 3.04. The summed E-state index contributed by atoms with van der Waals surface area (Å²) in [6, 6.07) is 14.9. The summed E-state index contributed by atoms with van der Waals surface area (Å²) in [6.45, 7) is 1.88. The lowest BCUT2D eigenvalue weighted by atomic mass is 10.2. The number of hydrogen-bond acceptors (Lipinski definition) is 4. The lowest BCUT2D eigenvalue weighted by molar-refractivity contribution is 0.313. The highest BCUT2D eigenvalue weighted by molar-refractivity contribution is 6.36. The van der Waals surface area contributed by atoms with Crippen molar-refractivity contribution in [3.63, 3.8) is 0 Å². The molecule has 24 heavy (non-hydrogen) atoms. The number of halogens is 2. The van der Waals surface area contributed by atoms with Crippen molar-refractivity contribution in [1.82, 2.24) is 10.3 Å². The molecule has 2 aromatic carbocycles. The molecule has 0 atom stereocenters. The van der Waals surface area contributed by atoms with Crippen LogP contribution in [0.25, 0.3) is 11.5 Å². The zero-order valence-corrected chi connectivity index (χ0v) is 14.3. The maximum absolute atomic E-state index is 6.16. The Morgan fingerprint density at radius 2 is 1.92 bits per heavy atom. The van der Waals surface area contributed by atoms with Gasteiger partial charge in [0.1, 0.15) is 18.6 Å². The fourth-order valence-electron chi connectivity index (χ4n) is 2.15. The van der Waals surface area contributed by atoms with E-state index in [0.717, 1.165) is 17.0 Å². The maximum Gasteiger partial charge on any atom is 0.227 e. The topological polar surface area (TPSA) is 47.3 Å². The largest absolute Gasteiger partial charge is 0.492 e. The standard InChI is InChI=1S/C18H16Cl2N2O2/c19-13-6-7-16(17(20)10-13)18-22-14(12-24-18)11-21-8-9-23-15-4-2-1-3-5-15/h1-7,10,12,21H,8-9,11H2. The summed E-state index contributed by atoms with van der Waals surface area (Å²) in [5.41, 5.74) is 1.52. The van der Waals surface area contributed by atoms with Crippen LogP contribution >= 0.6 is 23.2 Å². The third kappa shape index (κ3) is 4.51. The van der Waals surface area contributed by atoms with Crippen molar-refractivity contribution in [3.8, 4) is 17.2 Å². The summed E-state index contributed by atoms with van der Waals surface area (Å²) in [7, 11) is 0. The summed E-state index contributed by atoms with van der Waals surface area (Å²) in [4.78, 5) is 4.43. The van der Waals surface area contributed by atoms with Gasteiger partial charge in [-0.2, -0.15) is 0 Å². The fraction of sp³-hybridized carbons (Fsp3) is 0.167.